The van der Waals surface area contributed by atoms with Crippen molar-refractivity contribution >= 4 is 5.91 Å². The number of halogens is 1. The zero-order valence-corrected chi connectivity index (χ0v) is 9.85. The van der Waals surface area contributed by atoms with E-state index in [1.165, 1.54) is 6.07 Å². The zero-order chi connectivity index (χ0) is 13.1. The van der Waals surface area contributed by atoms with Crippen LogP contribution in [0.1, 0.15) is 10.4 Å². The van der Waals surface area contributed by atoms with E-state index in [9.17, 15) is 14.3 Å². The van der Waals surface area contributed by atoms with Gasteiger partial charge in [-0.05, 0) is 18.2 Å². The highest BCUT2D eigenvalue weighted by Crippen LogP contribution is 2.17. The van der Waals surface area contributed by atoms with Crippen LogP contribution in [0.3, 0.4) is 0 Å². The van der Waals surface area contributed by atoms with Crippen molar-refractivity contribution < 1.29 is 23.8 Å². The van der Waals surface area contributed by atoms with Crippen LogP contribution in [0.5, 0.6) is 5.75 Å². The van der Waals surface area contributed by atoms with Gasteiger partial charge in [0.15, 0.2) is 11.6 Å². The van der Waals surface area contributed by atoms with Gasteiger partial charge in [0.1, 0.15) is 6.10 Å². The third-order valence-corrected chi connectivity index (χ3v) is 2.86. The zero-order valence-electron chi connectivity index (χ0n) is 9.85. The summed E-state index contributed by atoms with van der Waals surface area (Å²) < 4.78 is 23.2. The highest BCUT2D eigenvalue weighted by atomic mass is 19.1. The molecule has 0 unspecified atom stereocenters. The molecule has 0 spiro atoms. The van der Waals surface area contributed by atoms with Crippen LogP contribution >= 0.6 is 0 Å². The quantitative estimate of drug-likeness (QED) is 0.833. The average Bonchev–Trinajstić information content (AvgIpc) is 2.79. The molecule has 1 fully saturated rings. The van der Waals surface area contributed by atoms with Gasteiger partial charge in [0.25, 0.3) is 5.91 Å². The molecule has 0 aliphatic carbocycles. The van der Waals surface area contributed by atoms with E-state index in [0.717, 1.165) is 12.1 Å². The fourth-order valence-corrected chi connectivity index (χ4v) is 1.81. The number of carbonyl (C=O) groups is 1. The normalized spacial score (nSPS) is 23.0. The van der Waals surface area contributed by atoms with E-state index < -0.39 is 17.5 Å². The molecule has 0 aromatic heterocycles. The first-order chi connectivity index (χ1) is 8.61. The Bertz CT molecular complexity index is 452. The first-order valence-corrected chi connectivity index (χ1v) is 5.51. The summed E-state index contributed by atoms with van der Waals surface area (Å²) in [5.74, 6) is -1.71. The molecule has 98 valence electrons. The van der Waals surface area contributed by atoms with E-state index in [4.69, 9.17) is 9.47 Å². The lowest BCUT2D eigenvalue weighted by Crippen LogP contribution is -2.43. The molecule has 0 bridgehead atoms. The number of benzene rings is 1. The van der Waals surface area contributed by atoms with Crippen LogP contribution in [0.2, 0.25) is 0 Å². The SMILES string of the molecule is CO[C@H]1COC[C@@H]1NC(=O)c1ccc(F)c(O)c1. The lowest BCUT2D eigenvalue weighted by Gasteiger charge is -2.17. The van der Waals surface area contributed by atoms with E-state index in [0.29, 0.717) is 13.2 Å². The van der Waals surface area contributed by atoms with E-state index >= 15 is 0 Å². The third-order valence-electron chi connectivity index (χ3n) is 2.86. The molecule has 6 heteroatoms. The highest BCUT2D eigenvalue weighted by Gasteiger charge is 2.29. The monoisotopic (exact) mass is 255 g/mol. The number of ether oxygens (including phenoxy) is 2. The standard InChI is InChI=1S/C12H14FNO4/c1-17-11-6-18-5-9(11)14-12(16)7-2-3-8(13)10(15)4-7/h2-4,9,11,15H,5-6H2,1H3,(H,14,16)/t9-,11-/m0/s1. The lowest BCUT2D eigenvalue weighted by molar-refractivity contribution is 0.0685. The van der Waals surface area contributed by atoms with Crippen LogP contribution in [0.15, 0.2) is 18.2 Å². The number of amides is 1. The van der Waals surface area contributed by atoms with Gasteiger partial charge in [-0.25, -0.2) is 4.39 Å². The van der Waals surface area contributed by atoms with Gasteiger partial charge >= 0.3 is 0 Å². The number of hydrogen-bond acceptors (Lipinski definition) is 4. The van der Waals surface area contributed by atoms with Crippen molar-refractivity contribution in [3.8, 4) is 5.75 Å². The number of phenols is 1. The minimum absolute atomic E-state index is 0.190. The fraction of sp³-hybridized carbons (Fsp3) is 0.417. The molecule has 0 radical (unpaired) electrons. The third kappa shape index (κ3) is 2.60. The van der Waals surface area contributed by atoms with Crippen molar-refractivity contribution in [2.24, 2.45) is 0 Å². The molecule has 5 nitrogen and oxygen atoms in total. The first-order valence-electron chi connectivity index (χ1n) is 5.51. The number of nitrogens with one attached hydrogen (secondary N) is 1. The van der Waals surface area contributed by atoms with Crippen LogP contribution in [0.4, 0.5) is 4.39 Å². The molecular weight excluding hydrogens is 241 g/mol. The Hall–Kier alpha value is -1.66. The topological polar surface area (TPSA) is 67.8 Å². The second-order valence-electron chi connectivity index (χ2n) is 4.06. The molecule has 2 rings (SSSR count). The van der Waals surface area contributed by atoms with E-state index in [2.05, 4.69) is 5.32 Å². The molecule has 1 amide bonds. The molecule has 2 N–H and O–H groups in total. The first kappa shape index (κ1) is 12.8. The summed E-state index contributed by atoms with van der Waals surface area (Å²) in [6, 6.07) is 3.20. The molecule has 1 aromatic carbocycles. The number of phenolic OH excluding ortho intramolecular Hbond substituents is 1. The Labute approximate surface area is 104 Å². The number of hydrogen-bond donors (Lipinski definition) is 2. The van der Waals surface area contributed by atoms with Crippen LogP contribution in [-0.4, -0.2) is 43.5 Å². The van der Waals surface area contributed by atoms with Crippen molar-refractivity contribution in [3.05, 3.63) is 29.6 Å². The molecule has 1 heterocycles. The second-order valence-corrected chi connectivity index (χ2v) is 4.06. The molecule has 1 aromatic rings. The van der Waals surface area contributed by atoms with Gasteiger partial charge in [0.2, 0.25) is 0 Å². The second kappa shape index (κ2) is 5.32. The van der Waals surface area contributed by atoms with Gasteiger partial charge in [0, 0.05) is 12.7 Å². The number of methoxy groups -OCH3 is 1. The van der Waals surface area contributed by atoms with Crippen LogP contribution in [-0.2, 0) is 9.47 Å². The predicted octanol–water partition coefficient (Wildman–Crippen LogP) is 0.675. The predicted molar refractivity (Wildman–Crippen MR) is 60.9 cm³/mol. The minimum Gasteiger partial charge on any atom is -0.505 e. The van der Waals surface area contributed by atoms with Crippen molar-refractivity contribution in [1.29, 1.82) is 0 Å². The van der Waals surface area contributed by atoms with Gasteiger partial charge in [-0.1, -0.05) is 0 Å². The van der Waals surface area contributed by atoms with Gasteiger partial charge < -0.3 is 19.9 Å². The van der Waals surface area contributed by atoms with Crippen molar-refractivity contribution in [2.45, 2.75) is 12.1 Å². The maximum Gasteiger partial charge on any atom is 0.251 e. The van der Waals surface area contributed by atoms with Gasteiger partial charge in [-0.2, -0.15) is 0 Å². The molecule has 18 heavy (non-hydrogen) atoms. The Kier molecular flexibility index (Phi) is 3.78. The summed E-state index contributed by atoms with van der Waals surface area (Å²) in [7, 11) is 1.54. The average molecular weight is 255 g/mol. The summed E-state index contributed by atoms with van der Waals surface area (Å²) in [4.78, 5) is 11.9. The maximum absolute atomic E-state index is 12.9. The van der Waals surface area contributed by atoms with Crippen molar-refractivity contribution in [3.63, 3.8) is 0 Å². The fourth-order valence-electron chi connectivity index (χ4n) is 1.81. The number of carbonyl (C=O) groups excluding carboxylic acids is 1. The summed E-state index contributed by atoms with van der Waals surface area (Å²) >= 11 is 0. The Morgan fingerprint density at radius 2 is 2.33 bits per heavy atom. The molecule has 1 aliphatic heterocycles. The molecule has 2 atom stereocenters. The van der Waals surface area contributed by atoms with E-state index in [1.54, 1.807) is 7.11 Å². The van der Waals surface area contributed by atoms with Gasteiger partial charge in [0.05, 0.1) is 19.3 Å². The number of rotatable bonds is 3. The van der Waals surface area contributed by atoms with E-state index in [1.807, 2.05) is 0 Å². The van der Waals surface area contributed by atoms with Gasteiger partial charge in [-0.15, -0.1) is 0 Å². The molecule has 1 aliphatic rings. The van der Waals surface area contributed by atoms with Crippen molar-refractivity contribution in [1.82, 2.24) is 5.32 Å². The minimum atomic E-state index is -0.759. The summed E-state index contributed by atoms with van der Waals surface area (Å²) in [5.41, 5.74) is 0.190. The van der Waals surface area contributed by atoms with E-state index in [-0.39, 0.29) is 17.7 Å². The Morgan fingerprint density at radius 1 is 1.56 bits per heavy atom. The van der Waals surface area contributed by atoms with Crippen LogP contribution in [0, 0.1) is 5.82 Å². The Morgan fingerprint density at radius 3 is 3.00 bits per heavy atom. The lowest BCUT2D eigenvalue weighted by atomic mass is 10.1. The molecular formula is C12H14FNO4. The smallest absolute Gasteiger partial charge is 0.251 e. The Balaban J connectivity index is 2.05. The summed E-state index contributed by atoms with van der Waals surface area (Å²) in [6.07, 6.45) is -0.192. The number of aromatic hydroxyl groups is 1. The highest BCUT2D eigenvalue weighted by molar-refractivity contribution is 5.94. The molecule has 0 saturated carbocycles. The van der Waals surface area contributed by atoms with Crippen LogP contribution in [0.25, 0.3) is 0 Å². The largest absolute Gasteiger partial charge is 0.505 e. The maximum atomic E-state index is 12.9. The van der Waals surface area contributed by atoms with Crippen LogP contribution < -0.4 is 5.32 Å². The van der Waals surface area contributed by atoms with Crippen molar-refractivity contribution in [2.75, 3.05) is 20.3 Å². The summed E-state index contributed by atoms with van der Waals surface area (Å²) in [6.45, 7) is 0.799. The summed E-state index contributed by atoms with van der Waals surface area (Å²) in [5, 5.41) is 11.9. The van der Waals surface area contributed by atoms with Gasteiger partial charge in [-0.3, -0.25) is 4.79 Å². The molecule has 1 saturated heterocycles.